The van der Waals surface area contributed by atoms with Crippen LogP contribution in [-0.2, 0) is 18.0 Å². The second-order valence-electron chi connectivity index (χ2n) is 7.01. The summed E-state index contributed by atoms with van der Waals surface area (Å²) in [6.07, 6.45) is 2.30. The Morgan fingerprint density at radius 1 is 1.50 bits per heavy atom. The maximum Gasteiger partial charge on any atom is 0.341 e. The third-order valence-corrected chi connectivity index (χ3v) is 5.97. The molecule has 0 N–H and O–H groups in total. The molecule has 9 heteroatoms. The Morgan fingerprint density at radius 3 is 2.93 bits per heavy atom. The highest BCUT2D eigenvalue weighted by atomic mass is 32.1. The molecule has 3 aromatic rings. The fourth-order valence-corrected chi connectivity index (χ4v) is 4.27. The molecule has 0 aliphatic heterocycles. The molecule has 7 nitrogen and oxygen atoms in total. The van der Waals surface area contributed by atoms with E-state index < -0.39 is 0 Å². The standard InChI is InChI=1S/C19H22N4O3S2/c1-12-15(18(24)25-3)9-14(26-12)10-21(2)11-22-19(27)23(13-6-7-13)17(20-22)16-5-4-8-28-16/h4-5,8-9,13H,6-7,10-11H2,1-3H3. The van der Waals surface area contributed by atoms with Crippen molar-refractivity contribution >= 4 is 29.5 Å². The number of aromatic nitrogens is 3. The van der Waals surface area contributed by atoms with Gasteiger partial charge in [0.1, 0.15) is 17.1 Å². The minimum absolute atomic E-state index is 0.388. The van der Waals surface area contributed by atoms with Gasteiger partial charge < -0.3 is 9.15 Å². The van der Waals surface area contributed by atoms with Crippen LogP contribution >= 0.6 is 23.6 Å². The molecule has 4 rings (SSSR count). The molecule has 28 heavy (non-hydrogen) atoms. The molecule has 0 aromatic carbocycles. The summed E-state index contributed by atoms with van der Waals surface area (Å²) >= 11 is 7.39. The molecular weight excluding hydrogens is 396 g/mol. The van der Waals surface area contributed by atoms with Crippen LogP contribution in [-0.4, -0.2) is 39.4 Å². The molecule has 0 saturated heterocycles. The number of aryl methyl sites for hydroxylation is 1. The van der Waals surface area contributed by atoms with Crippen molar-refractivity contribution < 1.29 is 13.9 Å². The topological polar surface area (TPSA) is 65.4 Å². The molecule has 3 heterocycles. The summed E-state index contributed by atoms with van der Waals surface area (Å²) in [5.41, 5.74) is 0.459. The van der Waals surface area contributed by atoms with Crippen molar-refractivity contribution in [1.82, 2.24) is 19.2 Å². The van der Waals surface area contributed by atoms with Crippen LogP contribution in [0.1, 0.15) is 40.8 Å². The van der Waals surface area contributed by atoms with Gasteiger partial charge in [-0.2, -0.15) is 0 Å². The van der Waals surface area contributed by atoms with Crippen LogP contribution in [0.4, 0.5) is 0 Å². The van der Waals surface area contributed by atoms with Crippen LogP contribution in [0.15, 0.2) is 28.0 Å². The SMILES string of the molecule is COC(=O)c1cc(CN(C)Cn2nc(-c3cccs3)n(C3CC3)c2=S)oc1C. The summed E-state index contributed by atoms with van der Waals surface area (Å²) in [5.74, 6) is 1.82. The lowest BCUT2D eigenvalue weighted by atomic mass is 10.2. The van der Waals surface area contributed by atoms with E-state index in [1.165, 1.54) is 7.11 Å². The van der Waals surface area contributed by atoms with Crippen LogP contribution in [0.25, 0.3) is 10.7 Å². The first-order valence-electron chi connectivity index (χ1n) is 9.07. The van der Waals surface area contributed by atoms with Crippen LogP contribution in [0.2, 0.25) is 0 Å². The van der Waals surface area contributed by atoms with Crippen molar-refractivity contribution in [3.8, 4) is 10.7 Å². The highest BCUT2D eigenvalue weighted by molar-refractivity contribution is 7.71. The minimum Gasteiger partial charge on any atom is -0.465 e. The van der Waals surface area contributed by atoms with Crippen molar-refractivity contribution in [2.24, 2.45) is 0 Å². The van der Waals surface area contributed by atoms with E-state index in [1.807, 2.05) is 17.8 Å². The monoisotopic (exact) mass is 418 g/mol. The second-order valence-corrected chi connectivity index (χ2v) is 8.33. The number of carbonyl (C=O) groups is 1. The van der Waals surface area contributed by atoms with Gasteiger partial charge in [-0.1, -0.05) is 6.07 Å². The van der Waals surface area contributed by atoms with E-state index in [0.29, 0.717) is 36.3 Å². The molecule has 0 bridgehead atoms. The van der Waals surface area contributed by atoms with Crippen molar-refractivity contribution in [2.75, 3.05) is 14.2 Å². The zero-order valence-electron chi connectivity index (χ0n) is 16.0. The number of esters is 1. The Labute approximate surface area is 172 Å². The van der Waals surface area contributed by atoms with E-state index in [1.54, 1.807) is 24.3 Å². The van der Waals surface area contributed by atoms with Gasteiger partial charge >= 0.3 is 5.97 Å². The van der Waals surface area contributed by atoms with Crippen LogP contribution in [0.3, 0.4) is 0 Å². The first-order valence-corrected chi connectivity index (χ1v) is 10.4. The van der Waals surface area contributed by atoms with Crippen molar-refractivity contribution in [3.63, 3.8) is 0 Å². The molecule has 1 saturated carbocycles. The number of rotatable bonds is 7. The largest absolute Gasteiger partial charge is 0.465 e. The summed E-state index contributed by atoms with van der Waals surface area (Å²) < 4.78 is 15.3. The first kappa shape index (κ1) is 19.1. The molecular formula is C19H22N4O3S2. The molecule has 0 atom stereocenters. The molecule has 0 unspecified atom stereocenters. The lowest BCUT2D eigenvalue weighted by Gasteiger charge is -2.14. The highest BCUT2D eigenvalue weighted by Gasteiger charge is 2.29. The average molecular weight is 419 g/mol. The minimum atomic E-state index is -0.388. The Morgan fingerprint density at radius 2 is 2.29 bits per heavy atom. The highest BCUT2D eigenvalue weighted by Crippen LogP contribution is 2.39. The van der Waals surface area contributed by atoms with Gasteiger partial charge in [0.05, 0.1) is 25.2 Å². The maximum atomic E-state index is 11.8. The number of hydrogen-bond donors (Lipinski definition) is 0. The first-order chi connectivity index (χ1) is 13.5. The second kappa shape index (κ2) is 7.65. The number of nitrogens with zero attached hydrogens (tertiary/aromatic N) is 4. The predicted octanol–water partition coefficient (Wildman–Crippen LogP) is 4.26. The third-order valence-electron chi connectivity index (χ3n) is 4.70. The van der Waals surface area contributed by atoms with Gasteiger partial charge in [0.2, 0.25) is 0 Å². The molecule has 0 spiro atoms. The van der Waals surface area contributed by atoms with E-state index in [-0.39, 0.29) is 5.97 Å². The molecule has 0 radical (unpaired) electrons. The normalized spacial score (nSPS) is 14.0. The van der Waals surface area contributed by atoms with Gasteiger partial charge in [0.25, 0.3) is 0 Å². The van der Waals surface area contributed by atoms with Gasteiger partial charge in [0, 0.05) is 6.04 Å². The van der Waals surface area contributed by atoms with Crippen LogP contribution < -0.4 is 0 Å². The van der Waals surface area contributed by atoms with E-state index in [2.05, 4.69) is 20.9 Å². The van der Waals surface area contributed by atoms with E-state index in [9.17, 15) is 4.79 Å². The Kier molecular flexibility index (Phi) is 5.22. The number of methoxy groups -OCH3 is 1. The fourth-order valence-electron chi connectivity index (χ4n) is 3.23. The molecule has 148 valence electrons. The summed E-state index contributed by atoms with van der Waals surface area (Å²) in [4.78, 5) is 14.9. The van der Waals surface area contributed by atoms with Crippen molar-refractivity contribution in [2.45, 2.75) is 39.0 Å². The van der Waals surface area contributed by atoms with Crippen LogP contribution in [0.5, 0.6) is 0 Å². The molecule has 1 aliphatic carbocycles. The van der Waals surface area contributed by atoms with Gasteiger partial charge in [-0.15, -0.1) is 16.4 Å². The summed E-state index contributed by atoms with van der Waals surface area (Å²) in [5, 5.41) is 6.85. The zero-order valence-corrected chi connectivity index (χ0v) is 17.7. The molecule has 1 aliphatic rings. The zero-order chi connectivity index (χ0) is 19.8. The molecule has 0 amide bonds. The van der Waals surface area contributed by atoms with E-state index in [4.69, 9.17) is 26.5 Å². The van der Waals surface area contributed by atoms with Crippen molar-refractivity contribution in [3.05, 3.63) is 45.4 Å². The summed E-state index contributed by atoms with van der Waals surface area (Å²) in [6.45, 7) is 2.82. The Balaban J connectivity index is 1.54. The third kappa shape index (κ3) is 3.69. The predicted molar refractivity (Wildman–Crippen MR) is 109 cm³/mol. The lowest BCUT2D eigenvalue weighted by Crippen LogP contribution is -2.22. The van der Waals surface area contributed by atoms with E-state index in [0.717, 1.165) is 28.3 Å². The number of hydrogen-bond acceptors (Lipinski definition) is 7. The van der Waals surface area contributed by atoms with Gasteiger partial charge in [-0.05, 0) is 56.5 Å². The number of carbonyl (C=O) groups excluding carboxylic acids is 1. The Hall–Kier alpha value is -2.23. The molecule has 3 aromatic heterocycles. The van der Waals surface area contributed by atoms with Gasteiger partial charge in [-0.25, -0.2) is 9.48 Å². The fraction of sp³-hybridized carbons (Fsp3) is 0.421. The van der Waals surface area contributed by atoms with Crippen molar-refractivity contribution in [1.29, 1.82) is 0 Å². The van der Waals surface area contributed by atoms with Gasteiger partial charge in [-0.3, -0.25) is 9.47 Å². The number of ether oxygens (including phenoxy) is 1. The lowest BCUT2D eigenvalue weighted by molar-refractivity contribution is 0.0599. The molecule has 1 fully saturated rings. The maximum absolute atomic E-state index is 11.8. The number of thiophene rings is 1. The summed E-state index contributed by atoms with van der Waals surface area (Å²) in [6, 6.07) is 6.30. The average Bonchev–Trinajstić information content (AvgIpc) is 3.08. The summed E-state index contributed by atoms with van der Waals surface area (Å²) in [7, 11) is 3.34. The number of furan rings is 1. The quantitative estimate of drug-likeness (QED) is 0.422. The smallest absolute Gasteiger partial charge is 0.341 e. The Bertz CT molecular complexity index is 1040. The van der Waals surface area contributed by atoms with E-state index >= 15 is 0 Å². The van der Waals surface area contributed by atoms with Gasteiger partial charge in [0.15, 0.2) is 10.6 Å². The van der Waals surface area contributed by atoms with Crippen LogP contribution in [0, 0.1) is 11.7 Å².